The molecule has 118 valence electrons. The molecule has 4 nitrogen and oxygen atoms in total. The molecule has 0 aliphatic heterocycles. The molecular formula is C17H22N2O2S. The summed E-state index contributed by atoms with van der Waals surface area (Å²) in [6.45, 7) is 4.18. The third-order valence-corrected chi connectivity index (χ3v) is 4.20. The van der Waals surface area contributed by atoms with Crippen LogP contribution in [0.4, 0.5) is 0 Å². The SMILES string of the molecule is CC(C)c1cnc(CSCc2cccc(C(=O)N(C)C)c2)o1. The van der Waals surface area contributed by atoms with Crippen LogP contribution in [0, 0.1) is 0 Å². The Hall–Kier alpha value is -1.75. The summed E-state index contributed by atoms with van der Waals surface area (Å²) in [5.74, 6) is 3.64. The molecule has 0 saturated carbocycles. The van der Waals surface area contributed by atoms with Crippen LogP contribution in [-0.4, -0.2) is 29.9 Å². The van der Waals surface area contributed by atoms with Gasteiger partial charge in [-0.15, -0.1) is 11.8 Å². The van der Waals surface area contributed by atoms with Crippen molar-refractivity contribution in [3.8, 4) is 0 Å². The van der Waals surface area contributed by atoms with Gasteiger partial charge in [-0.25, -0.2) is 4.98 Å². The normalized spacial score (nSPS) is 11.0. The highest BCUT2D eigenvalue weighted by Crippen LogP contribution is 2.21. The van der Waals surface area contributed by atoms with Gasteiger partial charge in [0.1, 0.15) is 5.76 Å². The van der Waals surface area contributed by atoms with E-state index in [-0.39, 0.29) is 5.91 Å². The van der Waals surface area contributed by atoms with Crippen LogP contribution in [0.3, 0.4) is 0 Å². The maximum Gasteiger partial charge on any atom is 0.253 e. The van der Waals surface area contributed by atoms with Crippen LogP contribution in [0.15, 0.2) is 34.9 Å². The van der Waals surface area contributed by atoms with Crippen LogP contribution in [0.2, 0.25) is 0 Å². The lowest BCUT2D eigenvalue weighted by molar-refractivity contribution is 0.0827. The van der Waals surface area contributed by atoms with E-state index in [1.54, 1.807) is 37.0 Å². The summed E-state index contributed by atoms with van der Waals surface area (Å²) < 4.78 is 5.68. The van der Waals surface area contributed by atoms with Crippen molar-refractivity contribution < 1.29 is 9.21 Å². The highest BCUT2D eigenvalue weighted by atomic mass is 32.2. The molecule has 0 saturated heterocycles. The van der Waals surface area contributed by atoms with Gasteiger partial charge >= 0.3 is 0 Å². The van der Waals surface area contributed by atoms with E-state index in [2.05, 4.69) is 18.8 Å². The predicted octanol–water partition coefficient (Wildman–Crippen LogP) is 3.93. The highest BCUT2D eigenvalue weighted by molar-refractivity contribution is 7.97. The predicted molar refractivity (Wildman–Crippen MR) is 90.1 cm³/mol. The van der Waals surface area contributed by atoms with Crippen LogP contribution < -0.4 is 0 Å². The summed E-state index contributed by atoms with van der Waals surface area (Å²) in [5, 5.41) is 0. The summed E-state index contributed by atoms with van der Waals surface area (Å²) in [5.41, 5.74) is 1.86. The number of carbonyl (C=O) groups is 1. The molecule has 5 heteroatoms. The van der Waals surface area contributed by atoms with Crippen molar-refractivity contribution in [2.45, 2.75) is 31.3 Å². The Kier molecular flexibility index (Phi) is 5.66. The first-order valence-corrected chi connectivity index (χ1v) is 8.45. The molecule has 0 unspecified atom stereocenters. The molecular weight excluding hydrogens is 296 g/mol. The zero-order valence-electron chi connectivity index (χ0n) is 13.5. The standard InChI is InChI=1S/C17H22N2O2S/c1-12(2)15-9-18-16(21-15)11-22-10-13-6-5-7-14(8-13)17(20)19(3)4/h5-9,12H,10-11H2,1-4H3. The summed E-state index contributed by atoms with van der Waals surface area (Å²) in [7, 11) is 3.53. The molecule has 1 aromatic carbocycles. The first kappa shape index (κ1) is 16.6. The number of rotatable bonds is 6. The first-order valence-electron chi connectivity index (χ1n) is 7.30. The van der Waals surface area contributed by atoms with Crippen molar-refractivity contribution in [2.75, 3.05) is 14.1 Å². The topological polar surface area (TPSA) is 46.3 Å². The number of nitrogens with zero attached hydrogens (tertiary/aromatic N) is 2. The molecule has 0 spiro atoms. The van der Waals surface area contributed by atoms with E-state index >= 15 is 0 Å². The summed E-state index contributed by atoms with van der Waals surface area (Å²) in [4.78, 5) is 17.8. The first-order chi connectivity index (χ1) is 10.5. The quantitative estimate of drug-likeness (QED) is 0.809. The minimum Gasteiger partial charge on any atom is -0.445 e. The van der Waals surface area contributed by atoms with Crippen LogP contribution in [0.1, 0.15) is 47.3 Å². The minimum absolute atomic E-state index is 0.0288. The monoisotopic (exact) mass is 318 g/mol. The number of thioether (sulfide) groups is 1. The van der Waals surface area contributed by atoms with Crippen LogP contribution >= 0.6 is 11.8 Å². The van der Waals surface area contributed by atoms with Crippen molar-refractivity contribution in [1.29, 1.82) is 0 Å². The molecule has 0 bridgehead atoms. The lowest BCUT2D eigenvalue weighted by Gasteiger charge is -2.11. The maximum atomic E-state index is 12.0. The Morgan fingerprint density at radius 3 is 2.73 bits per heavy atom. The molecule has 0 fully saturated rings. The lowest BCUT2D eigenvalue weighted by atomic mass is 10.1. The number of aromatic nitrogens is 1. The average molecular weight is 318 g/mol. The van der Waals surface area contributed by atoms with E-state index in [4.69, 9.17) is 4.42 Å². The zero-order chi connectivity index (χ0) is 16.1. The third-order valence-electron chi connectivity index (χ3n) is 3.21. The Morgan fingerprint density at radius 1 is 1.32 bits per heavy atom. The van der Waals surface area contributed by atoms with E-state index in [1.165, 1.54) is 0 Å². The van der Waals surface area contributed by atoms with Gasteiger partial charge in [0.25, 0.3) is 5.91 Å². The number of hydrogen-bond acceptors (Lipinski definition) is 4. The fourth-order valence-corrected chi connectivity index (χ4v) is 2.79. The van der Waals surface area contributed by atoms with Gasteiger partial charge in [-0.2, -0.15) is 0 Å². The Balaban J connectivity index is 1.91. The van der Waals surface area contributed by atoms with Gasteiger partial charge in [0.2, 0.25) is 5.89 Å². The second-order valence-corrected chi connectivity index (χ2v) is 6.69. The van der Waals surface area contributed by atoms with Gasteiger partial charge in [0, 0.05) is 31.3 Å². The number of oxazole rings is 1. The van der Waals surface area contributed by atoms with Crippen molar-refractivity contribution >= 4 is 17.7 Å². The van der Waals surface area contributed by atoms with Crippen molar-refractivity contribution in [3.05, 3.63) is 53.2 Å². The molecule has 0 aliphatic carbocycles. The van der Waals surface area contributed by atoms with E-state index in [9.17, 15) is 4.79 Å². The van der Waals surface area contributed by atoms with Crippen LogP contribution in [0.5, 0.6) is 0 Å². The number of benzene rings is 1. The van der Waals surface area contributed by atoms with Crippen molar-refractivity contribution in [1.82, 2.24) is 9.88 Å². The lowest BCUT2D eigenvalue weighted by Crippen LogP contribution is -2.21. The van der Waals surface area contributed by atoms with E-state index in [0.29, 0.717) is 5.92 Å². The maximum absolute atomic E-state index is 12.0. The van der Waals surface area contributed by atoms with Crippen molar-refractivity contribution in [2.24, 2.45) is 0 Å². The fraction of sp³-hybridized carbons (Fsp3) is 0.412. The van der Waals surface area contributed by atoms with Gasteiger partial charge in [-0.3, -0.25) is 4.79 Å². The molecule has 0 aliphatic rings. The number of carbonyl (C=O) groups excluding carboxylic acids is 1. The molecule has 0 atom stereocenters. The molecule has 1 amide bonds. The van der Waals surface area contributed by atoms with E-state index in [0.717, 1.165) is 34.3 Å². The molecule has 1 aromatic heterocycles. The smallest absolute Gasteiger partial charge is 0.253 e. The second-order valence-electron chi connectivity index (χ2n) is 5.70. The second kappa shape index (κ2) is 7.49. The average Bonchev–Trinajstić information content (AvgIpc) is 2.96. The molecule has 1 heterocycles. The fourth-order valence-electron chi connectivity index (χ4n) is 1.97. The van der Waals surface area contributed by atoms with Crippen LogP contribution in [0.25, 0.3) is 0 Å². The number of hydrogen-bond donors (Lipinski definition) is 0. The molecule has 2 rings (SSSR count). The Morgan fingerprint density at radius 2 is 2.09 bits per heavy atom. The number of amides is 1. The highest BCUT2D eigenvalue weighted by Gasteiger charge is 2.09. The Bertz CT molecular complexity index is 635. The molecule has 0 N–H and O–H groups in total. The molecule has 0 radical (unpaired) electrons. The minimum atomic E-state index is 0.0288. The van der Waals surface area contributed by atoms with Gasteiger partial charge in [0.15, 0.2) is 0 Å². The van der Waals surface area contributed by atoms with Gasteiger partial charge < -0.3 is 9.32 Å². The molecule has 2 aromatic rings. The Labute approximate surface area is 135 Å². The van der Waals surface area contributed by atoms with Crippen LogP contribution in [-0.2, 0) is 11.5 Å². The third kappa shape index (κ3) is 4.37. The van der Waals surface area contributed by atoms with Gasteiger partial charge in [0.05, 0.1) is 11.9 Å². The largest absolute Gasteiger partial charge is 0.445 e. The van der Waals surface area contributed by atoms with E-state index < -0.39 is 0 Å². The summed E-state index contributed by atoms with van der Waals surface area (Å²) >= 11 is 1.73. The molecule has 22 heavy (non-hydrogen) atoms. The summed E-state index contributed by atoms with van der Waals surface area (Å²) in [6.07, 6.45) is 1.80. The van der Waals surface area contributed by atoms with E-state index in [1.807, 2.05) is 24.3 Å². The van der Waals surface area contributed by atoms with Gasteiger partial charge in [-0.1, -0.05) is 26.0 Å². The van der Waals surface area contributed by atoms with Gasteiger partial charge in [-0.05, 0) is 17.7 Å². The summed E-state index contributed by atoms with van der Waals surface area (Å²) in [6, 6.07) is 7.76. The van der Waals surface area contributed by atoms with Crippen molar-refractivity contribution in [3.63, 3.8) is 0 Å². The zero-order valence-corrected chi connectivity index (χ0v) is 14.3.